The molecule has 0 atom stereocenters. The molecule has 0 fully saturated rings. The largest absolute Gasteiger partial charge is 0.396 e. The quantitative estimate of drug-likeness (QED) is 0.710. The number of aliphatic hydroxyl groups is 1. The summed E-state index contributed by atoms with van der Waals surface area (Å²) in [4.78, 5) is 12.2. The Bertz CT molecular complexity index is 445. The second-order valence-corrected chi connectivity index (χ2v) is 6.30. The van der Waals surface area contributed by atoms with Crippen LogP contribution in [0.5, 0.6) is 0 Å². The van der Waals surface area contributed by atoms with E-state index in [1.165, 1.54) is 0 Å². The fourth-order valence-electron chi connectivity index (χ4n) is 2.01. The third-order valence-corrected chi connectivity index (χ3v) is 4.79. The van der Waals surface area contributed by atoms with E-state index in [1.807, 2.05) is 27.7 Å². The average Bonchev–Trinajstić information content (AvgIpc) is 2.82. The molecule has 1 aromatic heterocycles. The lowest BCUT2D eigenvalue weighted by atomic mass is 9.83. The van der Waals surface area contributed by atoms with Crippen molar-refractivity contribution < 1.29 is 9.90 Å². The van der Waals surface area contributed by atoms with Crippen LogP contribution in [0.2, 0.25) is 0 Å². The number of nitrogens with one attached hydrogen (secondary N) is 2. The zero-order chi connectivity index (χ0) is 15.3. The van der Waals surface area contributed by atoms with E-state index in [1.54, 1.807) is 0 Å². The highest BCUT2D eigenvalue weighted by Crippen LogP contribution is 2.27. The highest BCUT2D eigenvalue weighted by Gasteiger charge is 2.27. The van der Waals surface area contributed by atoms with E-state index >= 15 is 0 Å². The molecule has 1 aromatic rings. The molecule has 20 heavy (non-hydrogen) atoms. The van der Waals surface area contributed by atoms with Crippen LogP contribution >= 0.6 is 15.9 Å². The maximum atomic E-state index is 12.2. The van der Waals surface area contributed by atoms with Gasteiger partial charge in [-0.25, -0.2) is 0 Å². The number of halogens is 1. The normalized spacial score (nSPS) is 11.9. The fourth-order valence-corrected chi connectivity index (χ4v) is 2.82. The molecule has 0 aromatic carbocycles. The summed E-state index contributed by atoms with van der Waals surface area (Å²) in [6.45, 7) is 8.63. The maximum Gasteiger partial charge on any atom is 0.272 e. The van der Waals surface area contributed by atoms with Crippen molar-refractivity contribution in [3.63, 3.8) is 0 Å². The Morgan fingerprint density at radius 1 is 1.45 bits per heavy atom. The Morgan fingerprint density at radius 3 is 2.45 bits per heavy atom. The molecule has 0 aliphatic rings. The van der Waals surface area contributed by atoms with Crippen LogP contribution in [-0.2, 0) is 0 Å². The molecule has 1 amide bonds. The summed E-state index contributed by atoms with van der Waals surface area (Å²) in [6, 6.07) is 0. The number of aromatic nitrogens is 2. The van der Waals surface area contributed by atoms with Crippen LogP contribution in [0.15, 0.2) is 4.47 Å². The molecule has 0 unspecified atom stereocenters. The molecule has 0 bridgehead atoms. The lowest BCUT2D eigenvalue weighted by molar-refractivity contribution is 0.0846. The molecule has 1 heterocycles. The Labute approximate surface area is 128 Å². The summed E-state index contributed by atoms with van der Waals surface area (Å²) in [5, 5.41) is 19.3. The van der Waals surface area contributed by atoms with Gasteiger partial charge in [-0.05, 0) is 34.7 Å². The van der Waals surface area contributed by atoms with Gasteiger partial charge in [-0.1, -0.05) is 27.7 Å². The van der Waals surface area contributed by atoms with Crippen LogP contribution in [0.25, 0.3) is 0 Å². The van der Waals surface area contributed by atoms with Crippen LogP contribution in [0.4, 0.5) is 0 Å². The molecule has 0 aliphatic heterocycles. The van der Waals surface area contributed by atoms with Gasteiger partial charge in [0.1, 0.15) is 0 Å². The molecule has 0 aliphatic carbocycles. The topological polar surface area (TPSA) is 78.0 Å². The summed E-state index contributed by atoms with van der Waals surface area (Å²) in [7, 11) is 0. The van der Waals surface area contributed by atoms with Gasteiger partial charge in [0.25, 0.3) is 5.91 Å². The number of hydrogen-bond acceptors (Lipinski definition) is 3. The Hall–Kier alpha value is -0.880. The zero-order valence-corrected chi connectivity index (χ0v) is 14.2. The van der Waals surface area contributed by atoms with Gasteiger partial charge in [-0.15, -0.1) is 0 Å². The third-order valence-electron chi connectivity index (χ3n) is 3.98. The number of carbonyl (C=O) groups is 1. The van der Waals surface area contributed by atoms with E-state index < -0.39 is 0 Å². The van der Waals surface area contributed by atoms with Crippen LogP contribution in [0.1, 0.15) is 62.6 Å². The van der Waals surface area contributed by atoms with Crippen molar-refractivity contribution in [3.8, 4) is 0 Å². The smallest absolute Gasteiger partial charge is 0.272 e. The molecule has 114 valence electrons. The molecule has 6 heteroatoms. The van der Waals surface area contributed by atoms with Crippen LogP contribution in [0.3, 0.4) is 0 Å². The highest BCUT2D eigenvalue weighted by atomic mass is 79.9. The first-order valence-electron chi connectivity index (χ1n) is 7.03. The molecule has 0 spiro atoms. The predicted molar refractivity (Wildman–Crippen MR) is 82.8 cm³/mol. The zero-order valence-electron chi connectivity index (χ0n) is 12.6. The van der Waals surface area contributed by atoms with Crippen molar-refractivity contribution in [2.24, 2.45) is 5.41 Å². The first-order chi connectivity index (χ1) is 9.40. The van der Waals surface area contributed by atoms with Gasteiger partial charge in [0.15, 0.2) is 5.69 Å². The van der Waals surface area contributed by atoms with E-state index in [2.05, 4.69) is 31.4 Å². The molecular formula is C14H24BrN3O2. The molecule has 3 N–H and O–H groups in total. The molecular weight excluding hydrogens is 322 g/mol. The van der Waals surface area contributed by atoms with Gasteiger partial charge in [0.2, 0.25) is 0 Å². The van der Waals surface area contributed by atoms with Gasteiger partial charge in [-0.2, -0.15) is 5.10 Å². The van der Waals surface area contributed by atoms with Crippen molar-refractivity contribution in [1.29, 1.82) is 0 Å². The minimum absolute atomic E-state index is 0.0687. The van der Waals surface area contributed by atoms with E-state index in [4.69, 9.17) is 0 Å². The van der Waals surface area contributed by atoms with Crippen molar-refractivity contribution in [1.82, 2.24) is 15.5 Å². The van der Waals surface area contributed by atoms with Gasteiger partial charge >= 0.3 is 0 Å². The standard InChI is InChI=1S/C14H24BrN3O2/c1-5-14(6-2,8-19)7-16-13(20)12-10(15)11(9(3)4)17-18-12/h9,19H,5-8H2,1-4H3,(H,16,20)(H,17,18). The van der Waals surface area contributed by atoms with Crippen molar-refractivity contribution in [3.05, 3.63) is 15.9 Å². The molecule has 0 radical (unpaired) electrons. The van der Waals surface area contributed by atoms with E-state index in [-0.39, 0.29) is 23.8 Å². The first kappa shape index (κ1) is 17.2. The number of aliphatic hydroxyl groups excluding tert-OH is 1. The van der Waals surface area contributed by atoms with Gasteiger partial charge in [0.05, 0.1) is 16.8 Å². The second-order valence-electron chi connectivity index (χ2n) is 5.50. The van der Waals surface area contributed by atoms with E-state index in [0.717, 1.165) is 18.5 Å². The summed E-state index contributed by atoms with van der Waals surface area (Å²) in [6.07, 6.45) is 1.64. The Kier molecular flexibility index (Phi) is 6.20. The summed E-state index contributed by atoms with van der Waals surface area (Å²) in [5.74, 6) is 0.0426. The molecule has 1 rings (SSSR count). The van der Waals surface area contributed by atoms with Gasteiger partial charge < -0.3 is 10.4 Å². The molecule has 0 saturated carbocycles. The van der Waals surface area contributed by atoms with Crippen LogP contribution < -0.4 is 5.32 Å². The van der Waals surface area contributed by atoms with Gasteiger partial charge in [-0.3, -0.25) is 9.89 Å². The first-order valence-corrected chi connectivity index (χ1v) is 7.82. The minimum atomic E-state index is -0.251. The van der Waals surface area contributed by atoms with Crippen LogP contribution in [-0.4, -0.2) is 34.4 Å². The number of aromatic amines is 1. The maximum absolute atomic E-state index is 12.2. The SMILES string of the molecule is CCC(CC)(CO)CNC(=O)c1n[nH]c(C(C)C)c1Br. The average molecular weight is 346 g/mol. The molecule has 0 saturated heterocycles. The summed E-state index contributed by atoms with van der Waals surface area (Å²) in [5.41, 5.74) is 1.03. The van der Waals surface area contributed by atoms with E-state index in [0.29, 0.717) is 16.7 Å². The summed E-state index contributed by atoms with van der Waals surface area (Å²) < 4.78 is 0.715. The number of H-pyrrole nitrogens is 1. The van der Waals surface area contributed by atoms with Crippen LogP contribution in [0, 0.1) is 5.41 Å². The lowest BCUT2D eigenvalue weighted by Gasteiger charge is -2.29. The van der Waals surface area contributed by atoms with Crippen molar-refractivity contribution in [2.45, 2.75) is 46.5 Å². The van der Waals surface area contributed by atoms with E-state index in [9.17, 15) is 9.90 Å². The third kappa shape index (κ3) is 3.61. The number of rotatable bonds is 7. The molecule has 5 nitrogen and oxygen atoms in total. The second kappa shape index (κ2) is 7.22. The number of amides is 1. The van der Waals surface area contributed by atoms with Gasteiger partial charge in [0, 0.05) is 12.0 Å². The monoisotopic (exact) mass is 345 g/mol. The number of carbonyl (C=O) groups excluding carboxylic acids is 1. The van der Waals surface area contributed by atoms with Crippen molar-refractivity contribution in [2.75, 3.05) is 13.2 Å². The Morgan fingerprint density at radius 2 is 2.05 bits per heavy atom. The fraction of sp³-hybridized carbons (Fsp3) is 0.714. The van der Waals surface area contributed by atoms with Crippen molar-refractivity contribution >= 4 is 21.8 Å². The highest BCUT2D eigenvalue weighted by molar-refractivity contribution is 9.10. The summed E-state index contributed by atoms with van der Waals surface area (Å²) >= 11 is 3.42. The number of nitrogens with zero attached hydrogens (tertiary/aromatic N) is 1. The minimum Gasteiger partial charge on any atom is -0.396 e. The number of hydrogen-bond donors (Lipinski definition) is 3. The predicted octanol–water partition coefficient (Wildman–Crippen LogP) is 2.82. The lowest BCUT2D eigenvalue weighted by Crippen LogP contribution is -2.39. The Balaban J connectivity index is 2.77.